The van der Waals surface area contributed by atoms with Crippen LogP contribution in [0.4, 0.5) is 5.00 Å². The Morgan fingerprint density at radius 3 is 2.76 bits per heavy atom. The largest absolute Gasteiger partial charge is 0.365 e. The minimum Gasteiger partial charge on any atom is -0.365 e. The van der Waals surface area contributed by atoms with Gasteiger partial charge in [0, 0.05) is 10.3 Å². The van der Waals surface area contributed by atoms with E-state index < -0.39 is 5.91 Å². The summed E-state index contributed by atoms with van der Waals surface area (Å²) in [4.78, 5) is 32.6. The molecule has 3 N–H and O–H groups in total. The molecular formula is C25H22ClN3O2S2. The first kappa shape index (κ1) is 22.1. The van der Waals surface area contributed by atoms with Crippen LogP contribution in [0.1, 0.15) is 50.9 Å². The maximum absolute atomic E-state index is 13.5. The van der Waals surface area contributed by atoms with Gasteiger partial charge in [0.2, 0.25) is 0 Å². The summed E-state index contributed by atoms with van der Waals surface area (Å²) in [5, 5.41) is 4.29. The van der Waals surface area contributed by atoms with Crippen molar-refractivity contribution >= 4 is 62.0 Å². The van der Waals surface area contributed by atoms with Gasteiger partial charge in [-0.25, -0.2) is 4.98 Å². The highest BCUT2D eigenvalue weighted by Crippen LogP contribution is 2.41. The van der Waals surface area contributed by atoms with E-state index in [4.69, 9.17) is 22.3 Å². The number of amides is 2. The summed E-state index contributed by atoms with van der Waals surface area (Å²) in [6.07, 6.45) is 3.88. The predicted molar refractivity (Wildman–Crippen MR) is 137 cm³/mol. The number of thiophene rings is 2. The zero-order valence-electron chi connectivity index (χ0n) is 18.0. The fourth-order valence-electron chi connectivity index (χ4n) is 4.46. The lowest BCUT2D eigenvalue weighted by atomic mass is 9.85. The first-order valence-corrected chi connectivity index (χ1v) is 12.9. The molecule has 8 heteroatoms. The molecule has 1 aromatic carbocycles. The molecule has 33 heavy (non-hydrogen) atoms. The van der Waals surface area contributed by atoms with Gasteiger partial charge < -0.3 is 11.1 Å². The molecule has 0 saturated carbocycles. The number of carbonyl (C=O) groups excluding carboxylic acids is 2. The number of anilines is 1. The van der Waals surface area contributed by atoms with Crippen LogP contribution in [-0.2, 0) is 12.8 Å². The molecule has 0 spiro atoms. The Kier molecular flexibility index (Phi) is 5.95. The number of aromatic nitrogens is 1. The van der Waals surface area contributed by atoms with E-state index in [1.54, 1.807) is 6.07 Å². The van der Waals surface area contributed by atoms with Gasteiger partial charge in [0.1, 0.15) is 5.00 Å². The third-order valence-electron chi connectivity index (χ3n) is 6.20. The van der Waals surface area contributed by atoms with Gasteiger partial charge in [0.05, 0.1) is 31.6 Å². The monoisotopic (exact) mass is 495 g/mol. The summed E-state index contributed by atoms with van der Waals surface area (Å²) in [5.41, 5.74) is 9.11. The number of carbonyl (C=O) groups is 2. The molecule has 0 fully saturated rings. The summed E-state index contributed by atoms with van der Waals surface area (Å²) in [7, 11) is 0. The fourth-order valence-corrected chi connectivity index (χ4v) is 6.83. The number of halogens is 1. The van der Waals surface area contributed by atoms with Crippen LogP contribution in [-0.4, -0.2) is 16.8 Å². The maximum atomic E-state index is 13.5. The molecule has 1 aliphatic carbocycles. The Hall–Kier alpha value is -2.74. The Balaban J connectivity index is 1.56. The van der Waals surface area contributed by atoms with Crippen LogP contribution in [0.3, 0.4) is 0 Å². The van der Waals surface area contributed by atoms with Crippen molar-refractivity contribution < 1.29 is 9.59 Å². The number of hydrogen-bond acceptors (Lipinski definition) is 5. The summed E-state index contributed by atoms with van der Waals surface area (Å²) in [6.45, 7) is 2.19. The van der Waals surface area contributed by atoms with Crippen LogP contribution < -0.4 is 11.1 Å². The van der Waals surface area contributed by atoms with Gasteiger partial charge in [-0.2, -0.15) is 0 Å². The number of rotatable bonds is 5. The number of hydrogen-bond donors (Lipinski definition) is 2. The molecule has 0 radical (unpaired) electrons. The highest BCUT2D eigenvalue weighted by atomic mass is 35.5. The van der Waals surface area contributed by atoms with Crippen molar-refractivity contribution in [1.82, 2.24) is 4.98 Å². The topological polar surface area (TPSA) is 85.1 Å². The lowest BCUT2D eigenvalue weighted by Gasteiger charge is -2.20. The van der Waals surface area contributed by atoms with Crippen LogP contribution in [0, 0.1) is 5.92 Å². The zero-order chi connectivity index (χ0) is 23.1. The van der Waals surface area contributed by atoms with E-state index in [-0.39, 0.29) is 5.91 Å². The molecule has 0 bridgehead atoms. The van der Waals surface area contributed by atoms with Gasteiger partial charge in [-0.3, -0.25) is 9.59 Å². The Morgan fingerprint density at radius 1 is 1.21 bits per heavy atom. The Morgan fingerprint density at radius 2 is 2.03 bits per heavy atom. The molecule has 2 amide bonds. The van der Waals surface area contributed by atoms with Crippen LogP contribution in [0.2, 0.25) is 4.34 Å². The van der Waals surface area contributed by atoms with Gasteiger partial charge in [0.25, 0.3) is 11.8 Å². The van der Waals surface area contributed by atoms with Gasteiger partial charge in [-0.1, -0.05) is 43.1 Å². The summed E-state index contributed by atoms with van der Waals surface area (Å²) in [6, 6.07) is 13.0. The molecule has 168 valence electrons. The van der Waals surface area contributed by atoms with E-state index in [0.29, 0.717) is 32.1 Å². The van der Waals surface area contributed by atoms with E-state index >= 15 is 0 Å². The molecule has 3 heterocycles. The molecule has 3 aromatic heterocycles. The van der Waals surface area contributed by atoms with Crippen LogP contribution in [0.25, 0.3) is 21.5 Å². The van der Waals surface area contributed by atoms with E-state index in [2.05, 4.69) is 12.2 Å². The average Bonchev–Trinajstić information content (AvgIpc) is 3.40. The standard InChI is InChI=1S/C25H22ClN3O2S2/c1-2-13-7-8-15-20(11-13)33-25(22(15)23(27)30)29-24(31)16-12-18(19-9-10-21(26)32-19)28-17-6-4-3-5-14(16)17/h3-6,9-10,12-13H,2,7-8,11H2,1H3,(H2,27,30)(H,29,31)/t13-/m1/s1. The molecular weight excluding hydrogens is 474 g/mol. The normalized spacial score (nSPS) is 15.4. The summed E-state index contributed by atoms with van der Waals surface area (Å²) in [5.74, 6) is -0.179. The molecule has 4 aromatic rings. The van der Waals surface area contributed by atoms with E-state index in [9.17, 15) is 9.59 Å². The van der Waals surface area contributed by atoms with Gasteiger partial charge in [-0.05, 0) is 55.0 Å². The molecule has 0 saturated heterocycles. The predicted octanol–water partition coefficient (Wildman–Crippen LogP) is 6.54. The second kappa shape index (κ2) is 8.89. The number of nitrogens with two attached hydrogens (primary N) is 1. The van der Waals surface area contributed by atoms with Gasteiger partial charge in [-0.15, -0.1) is 22.7 Å². The SMILES string of the molecule is CC[C@@H]1CCc2c(sc(NC(=O)c3cc(-c4ccc(Cl)s4)nc4ccccc34)c2C(N)=O)C1. The molecule has 0 aliphatic heterocycles. The van der Waals surface area contributed by atoms with Crippen molar-refractivity contribution in [3.8, 4) is 10.6 Å². The maximum Gasteiger partial charge on any atom is 0.257 e. The second-order valence-corrected chi connectivity index (χ2v) is 11.0. The fraction of sp³-hybridized carbons (Fsp3) is 0.240. The third-order valence-corrected chi connectivity index (χ3v) is 8.63. The van der Waals surface area contributed by atoms with E-state index in [1.807, 2.05) is 36.4 Å². The lowest BCUT2D eigenvalue weighted by molar-refractivity contribution is 0.1000. The van der Waals surface area contributed by atoms with Crippen molar-refractivity contribution in [2.75, 3.05) is 5.32 Å². The molecule has 1 aliphatic rings. The van der Waals surface area contributed by atoms with Gasteiger partial charge >= 0.3 is 0 Å². The average molecular weight is 496 g/mol. The number of primary amides is 1. The van der Waals surface area contributed by atoms with Crippen molar-refractivity contribution in [1.29, 1.82) is 0 Å². The van der Waals surface area contributed by atoms with Crippen LogP contribution >= 0.6 is 34.3 Å². The highest BCUT2D eigenvalue weighted by Gasteiger charge is 2.28. The molecule has 0 unspecified atom stereocenters. The first-order chi connectivity index (χ1) is 15.9. The number of nitrogens with zero attached hydrogens (tertiary/aromatic N) is 1. The molecule has 5 nitrogen and oxygen atoms in total. The summed E-state index contributed by atoms with van der Waals surface area (Å²) < 4.78 is 0.659. The van der Waals surface area contributed by atoms with Gasteiger partial charge in [0.15, 0.2) is 0 Å². The minimum absolute atomic E-state index is 0.286. The first-order valence-electron chi connectivity index (χ1n) is 10.9. The molecule has 5 rings (SSSR count). The van der Waals surface area contributed by atoms with Crippen molar-refractivity contribution in [3.63, 3.8) is 0 Å². The summed E-state index contributed by atoms with van der Waals surface area (Å²) >= 11 is 9.02. The van der Waals surface area contributed by atoms with Crippen molar-refractivity contribution in [2.45, 2.75) is 32.6 Å². The Labute approximate surface area is 204 Å². The Bertz CT molecular complexity index is 1390. The smallest absolute Gasteiger partial charge is 0.257 e. The third kappa shape index (κ3) is 4.16. The lowest BCUT2D eigenvalue weighted by Crippen LogP contribution is -2.20. The van der Waals surface area contributed by atoms with Crippen molar-refractivity contribution in [3.05, 3.63) is 68.4 Å². The van der Waals surface area contributed by atoms with E-state index in [0.717, 1.165) is 51.9 Å². The number of nitrogens with one attached hydrogen (secondary N) is 1. The van der Waals surface area contributed by atoms with Crippen LogP contribution in [0.15, 0.2) is 42.5 Å². The second-order valence-electron chi connectivity index (χ2n) is 8.22. The quantitative estimate of drug-likeness (QED) is 0.329. The minimum atomic E-state index is -0.494. The zero-order valence-corrected chi connectivity index (χ0v) is 20.4. The number of benzene rings is 1. The number of para-hydroxylation sites is 1. The number of fused-ring (bicyclic) bond motifs is 2. The van der Waals surface area contributed by atoms with Crippen molar-refractivity contribution in [2.24, 2.45) is 11.7 Å². The van der Waals surface area contributed by atoms with E-state index in [1.165, 1.54) is 22.7 Å². The molecule has 1 atom stereocenters. The highest BCUT2D eigenvalue weighted by molar-refractivity contribution is 7.19. The number of pyridine rings is 1. The van der Waals surface area contributed by atoms with Crippen LogP contribution in [0.5, 0.6) is 0 Å².